The summed E-state index contributed by atoms with van der Waals surface area (Å²) in [6, 6.07) is 7.67. The van der Waals surface area contributed by atoms with Crippen LogP contribution >= 0.6 is 0 Å². The molecule has 132 valence electrons. The van der Waals surface area contributed by atoms with E-state index in [4.69, 9.17) is 4.74 Å². The van der Waals surface area contributed by atoms with Crippen molar-refractivity contribution in [2.24, 2.45) is 0 Å². The Labute approximate surface area is 146 Å². The Kier molecular flexibility index (Phi) is 5.02. The quantitative estimate of drug-likeness (QED) is 0.815. The molecule has 0 atom stereocenters. The molecule has 1 saturated heterocycles. The first kappa shape index (κ1) is 17.0. The van der Waals surface area contributed by atoms with Crippen LogP contribution in [0.5, 0.6) is 5.75 Å². The van der Waals surface area contributed by atoms with Crippen molar-refractivity contribution in [2.75, 3.05) is 26.7 Å². The second-order valence-electron chi connectivity index (χ2n) is 6.20. The molecule has 2 amide bonds. The highest BCUT2D eigenvalue weighted by Gasteiger charge is 2.27. The van der Waals surface area contributed by atoms with Crippen molar-refractivity contribution in [3.05, 3.63) is 47.8 Å². The highest BCUT2D eigenvalue weighted by molar-refractivity contribution is 5.85. The number of aryl methyl sites for hydroxylation is 1. The van der Waals surface area contributed by atoms with Crippen molar-refractivity contribution in [1.82, 2.24) is 19.6 Å². The van der Waals surface area contributed by atoms with Gasteiger partial charge in [-0.25, -0.2) is 0 Å². The number of hydrogen-bond acceptors (Lipinski definition) is 4. The monoisotopic (exact) mass is 342 g/mol. The van der Waals surface area contributed by atoms with Crippen molar-refractivity contribution >= 4 is 11.8 Å². The molecule has 7 heteroatoms. The highest BCUT2D eigenvalue weighted by Crippen LogP contribution is 2.16. The minimum atomic E-state index is -0.0857. The molecule has 0 N–H and O–H groups in total. The number of rotatable bonds is 5. The van der Waals surface area contributed by atoms with Gasteiger partial charge < -0.3 is 14.5 Å². The van der Waals surface area contributed by atoms with Crippen molar-refractivity contribution in [2.45, 2.75) is 20.0 Å². The zero-order valence-corrected chi connectivity index (χ0v) is 14.5. The van der Waals surface area contributed by atoms with Crippen molar-refractivity contribution < 1.29 is 14.3 Å². The number of ether oxygens (including phenoxy) is 1. The van der Waals surface area contributed by atoms with Gasteiger partial charge in [-0.2, -0.15) is 5.10 Å². The fraction of sp³-hybridized carbons (Fsp3) is 0.389. The lowest BCUT2D eigenvalue weighted by Crippen LogP contribution is -2.52. The fourth-order valence-corrected chi connectivity index (χ4v) is 2.87. The number of carbonyl (C=O) groups is 2. The van der Waals surface area contributed by atoms with E-state index < -0.39 is 0 Å². The summed E-state index contributed by atoms with van der Waals surface area (Å²) in [5.74, 6) is 0.643. The molecular weight excluding hydrogens is 320 g/mol. The van der Waals surface area contributed by atoms with Gasteiger partial charge in [-0.1, -0.05) is 12.1 Å². The highest BCUT2D eigenvalue weighted by atomic mass is 16.5. The fourth-order valence-electron chi connectivity index (χ4n) is 2.87. The molecule has 1 aromatic heterocycles. The lowest BCUT2D eigenvalue weighted by molar-refractivity contribution is -0.146. The van der Waals surface area contributed by atoms with Gasteiger partial charge in [0.05, 0.1) is 19.9 Å². The molecule has 0 saturated carbocycles. The average molecular weight is 342 g/mol. The Morgan fingerprint density at radius 1 is 1.32 bits per heavy atom. The van der Waals surface area contributed by atoms with E-state index in [-0.39, 0.29) is 24.9 Å². The first-order chi connectivity index (χ1) is 12.0. The third-order valence-electron chi connectivity index (χ3n) is 4.24. The number of nitrogens with zero attached hydrogens (tertiary/aromatic N) is 4. The molecule has 0 bridgehead atoms. The Morgan fingerprint density at radius 2 is 2.16 bits per heavy atom. The lowest BCUT2D eigenvalue weighted by atomic mass is 10.2. The first-order valence-electron chi connectivity index (χ1n) is 8.22. The van der Waals surface area contributed by atoms with E-state index in [1.165, 1.54) is 0 Å². The Bertz CT molecular complexity index is 771. The molecule has 7 nitrogen and oxygen atoms in total. The third-order valence-corrected chi connectivity index (χ3v) is 4.24. The van der Waals surface area contributed by atoms with E-state index in [0.29, 0.717) is 19.6 Å². The number of methoxy groups -OCH3 is 1. The Morgan fingerprint density at radius 3 is 2.84 bits per heavy atom. The number of amides is 2. The van der Waals surface area contributed by atoms with Crippen molar-refractivity contribution in [3.63, 3.8) is 0 Å². The first-order valence-corrected chi connectivity index (χ1v) is 8.22. The van der Waals surface area contributed by atoms with Crippen LogP contribution in [0.3, 0.4) is 0 Å². The number of piperazine rings is 1. The second kappa shape index (κ2) is 7.38. The molecule has 1 fully saturated rings. The lowest BCUT2D eigenvalue weighted by Gasteiger charge is -2.34. The Hall–Kier alpha value is -2.83. The van der Waals surface area contributed by atoms with Crippen LogP contribution in [0, 0.1) is 6.92 Å². The van der Waals surface area contributed by atoms with E-state index in [2.05, 4.69) is 5.10 Å². The van der Waals surface area contributed by atoms with E-state index in [9.17, 15) is 9.59 Å². The van der Waals surface area contributed by atoms with Gasteiger partial charge in [0, 0.05) is 25.8 Å². The van der Waals surface area contributed by atoms with Crippen molar-refractivity contribution in [1.29, 1.82) is 0 Å². The molecular formula is C18H22N4O3. The summed E-state index contributed by atoms with van der Waals surface area (Å²) in [5, 5.41) is 4.12. The molecule has 3 rings (SSSR count). The van der Waals surface area contributed by atoms with E-state index >= 15 is 0 Å². The van der Waals surface area contributed by atoms with Gasteiger partial charge in [0.1, 0.15) is 12.3 Å². The molecule has 1 aromatic carbocycles. The SMILES string of the molecule is COc1cccc(CN2CCN(C(=O)Cn3cc(C)cn3)CC2=O)c1. The summed E-state index contributed by atoms with van der Waals surface area (Å²) in [6.45, 7) is 3.79. The molecule has 1 aliphatic rings. The van der Waals surface area contributed by atoms with Gasteiger partial charge in [0.25, 0.3) is 0 Å². The minimum absolute atomic E-state index is 0.0425. The van der Waals surface area contributed by atoms with Crippen molar-refractivity contribution in [3.8, 4) is 5.75 Å². The summed E-state index contributed by atoms with van der Waals surface area (Å²) in [4.78, 5) is 28.1. The van der Waals surface area contributed by atoms with E-state index in [1.54, 1.807) is 27.8 Å². The summed E-state index contributed by atoms with van der Waals surface area (Å²) in [5.41, 5.74) is 2.02. The van der Waals surface area contributed by atoms with Crippen LogP contribution in [-0.2, 0) is 22.7 Å². The normalized spacial score (nSPS) is 14.7. The van der Waals surface area contributed by atoms with Gasteiger partial charge in [0.15, 0.2) is 0 Å². The van der Waals surface area contributed by atoms with Gasteiger partial charge >= 0.3 is 0 Å². The average Bonchev–Trinajstić information content (AvgIpc) is 3.01. The number of aromatic nitrogens is 2. The molecule has 2 aromatic rings. The summed E-state index contributed by atoms with van der Waals surface area (Å²) >= 11 is 0. The van der Waals surface area contributed by atoms with Gasteiger partial charge in [0.2, 0.25) is 11.8 Å². The summed E-state index contributed by atoms with van der Waals surface area (Å²) < 4.78 is 6.82. The van der Waals surface area contributed by atoms with Gasteiger partial charge in [-0.05, 0) is 30.2 Å². The van der Waals surface area contributed by atoms with Crippen LogP contribution in [0.15, 0.2) is 36.7 Å². The number of carbonyl (C=O) groups excluding carboxylic acids is 2. The molecule has 1 aliphatic heterocycles. The molecule has 0 aliphatic carbocycles. The van der Waals surface area contributed by atoms with Crippen LogP contribution in [0.25, 0.3) is 0 Å². The molecule has 0 spiro atoms. The Balaban J connectivity index is 1.56. The second-order valence-corrected chi connectivity index (χ2v) is 6.20. The van der Waals surface area contributed by atoms with Crippen LogP contribution < -0.4 is 4.74 Å². The topological polar surface area (TPSA) is 67.7 Å². The van der Waals surface area contributed by atoms with E-state index in [0.717, 1.165) is 16.9 Å². The predicted octanol–water partition coefficient (Wildman–Crippen LogP) is 1.07. The minimum Gasteiger partial charge on any atom is -0.497 e. The number of hydrogen-bond donors (Lipinski definition) is 0. The van der Waals surface area contributed by atoms with Gasteiger partial charge in [-0.15, -0.1) is 0 Å². The summed E-state index contributed by atoms with van der Waals surface area (Å²) in [6.07, 6.45) is 3.53. The van der Waals surface area contributed by atoms with Crippen LogP contribution in [-0.4, -0.2) is 58.1 Å². The molecule has 0 unspecified atom stereocenters. The molecule has 2 heterocycles. The molecule has 0 radical (unpaired) electrons. The zero-order chi connectivity index (χ0) is 17.8. The molecule has 25 heavy (non-hydrogen) atoms. The third kappa shape index (κ3) is 4.17. The predicted molar refractivity (Wildman–Crippen MR) is 92.0 cm³/mol. The largest absolute Gasteiger partial charge is 0.497 e. The van der Waals surface area contributed by atoms with Gasteiger partial charge in [-0.3, -0.25) is 14.3 Å². The van der Waals surface area contributed by atoms with Crippen LogP contribution in [0.4, 0.5) is 0 Å². The summed E-state index contributed by atoms with van der Waals surface area (Å²) in [7, 11) is 1.62. The zero-order valence-electron chi connectivity index (χ0n) is 14.5. The maximum absolute atomic E-state index is 12.4. The van der Waals surface area contributed by atoms with Crippen LogP contribution in [0.2, 0.25) is 0 Å². The maximum atomic E-state index is 12.4. The number of benzene rings is 1. The van der Waals surface area contributed by atoms with Crippen LogP contribution in [0.1, 0.15) is 11.1 Å². The standard InChI is InChI=1S/C18H22N4O3/c1-14-9-19-22(10-14)13-18(24)21-7-6-20(17(23)12-21)11-15-4-3-5-16(8-15)25-2/h3-5,8-10H,6-7,11-13H2,1-2H3. The maximum Gasteiger partial charge on any atom is 0.244 e. The van der Waals surface area contributed by atoms with E-state index in [1.807, 2.05) is 37.4 Å². The smallest absolute Gasteiger partial charge is 0.244 e.